The summed E-state index contributed by atoms with van der Waals surface area (Å²) in [5.74, 6) is 0.0756. The Morgan fingerprint density at radius 3 is 2.70 bits per heavy atom. The Labute approximate surface area is 137 Å². The third-order valence-electron chi connectivity index (χ3n) is 3.11. The molecule has 2 heterocycles. The molecule has 3 rings (SSSR count). The van der Waals surface area contributed by atoms with Gasteiger partial charge in [0.15, 0.2) is 11.5 Å². The first-order valence-electron chi connectivity index (χ1n) is 6.85. The van der Waals surface area contributed by atoms with E-state index in [0.717, 1.165) is 6.42 Å². The minimum atomic E-state index is -4.01. The normalized spacial score (nSPS) is 14.1. The number of carbonyl (C=O) groups is 1. The number of aryl methyl sites for hydroxylation is 1. The summed E-state index contributed by atoms with van der Waals surface area (Å²) in [4.78, 5) is 15.9. The average molecular weight is 354 g/mol. The summed E-state index contributed by atoms with van der Waals surface area (Å²) in [6.45, 7) is 2.69. The van der Waals surface area contributed by atoms with Gasteiger partial charge in [-0.25, -0.2) is 18.1 Å². The van der Waals surface area contributed by atoms with Crippen molar-refractivity contribution in [2.45, 2.75) is 18.2 Å². The van der Waals surface area contributed by atoms with Gasteiger partial charge in [-0.1, -0.05) is 0 Å². The van der Waals surface area contributed by atoms with Crippen LogP contribution in [0.25, 0.3) is 0 Å². The van der Waals surface area contributed by atoms with Gasteiger partial charge in [0.25, 0.3) is 15.9 Å². The minimum absolute atomic E-state index is 0.0675. The van der Waals surface area contributed by atoms with E-state index in [2.05, 4.69) is 4.98 Å². The molecule has 1 amide bonds. The van der Waals surface area contributed by atoms with Crippen LogP contribution < -0.4 is 14.2 Å². The Hall–Kier alpha value is -2.13. The molecule has 9 heteroatoms. The maximum Gasteiger partial charge on any atom is 0.284 e. The molecule has 23 heavy (non-hydrogen) atoms. The molecule has 2 aromatic rings. The van der Waals surface area contributed by atoms with Crippen LogP contribution in [0, 0.1) is 6.92 Å². The zero-order valence-electron chi connectivity index (χ0n) is 12.2. The molecule has 0 atom stereocenters. The monoisotopic (exact) mass is 354 g/mol. The molecule has 0 saturated carbocycles. The average Bonchev–Trinajstić information content (AvgIpc) is 2.81. The fourth-order valence-corrected chi connectivity index (χ4v) is 3.58. The van der Waals surface area contributed by atoms with Crippen LogP contribution in [-0.2, 0) is 10.0 Å². The number of hydrogen-bond acceptors (Lipinski definition) is 7. The largest absolute Gasteiger partial charge is 0.490 e. The van der Waals surface area contributed by atoms with Crippen molar-refractivity contribution in [1.82, 2.24) is 9.71 Å². The summed E-state index contributed by atoms with van der Waals surface area (Å²) in [6, 6.07) is 4.24. The number of hydrogen-bond donors (Lipinski definition) is 1. The molecule has 122 valence electrons. The van der Waals surface area contributed by atoms with Gasteiger partial charge in [0.2, 0.25) is 0 Å². The maximum absolute atomic E-state index is 12.3. The summed E-state index contributed by atoms with van der Waals surface area (Å²) in [6.07, 6.45) is 0.719. The lowest BCUT2D eigenvalue weighted by Crippen LogP contribution is -2.30. The van der Waals surface area contributed by atoms with Gasteiger partial charge in [0, 0.05) is 17.9 Å². The van der Waals surface area contributed by atoms with Crippen molar-refractivity contribution in [2.75, 3.05) is 13.2 Å². The van der Waals surface area contributed by atoms with Crippen LogP contribution >= 0.6 is 11.3 Å². The molecule has 7 nitrogen and oxygen atoms in total. The van der Waals surface area contributed by atoms with Crippen molar-refractivity contribution in [2.24, 2.45) is 0 Å². The van der Waals surface area contributed by atoms with E-state index in [-0.39, 0.29) is 10.6 Å². The van der Waals surface area contributed by atoms with E-state index >= 15 is 0 Å². The third kappa shape index (κ3) is 3.45. The van der Waals surface area contributed by atoms with Crippen molar-refractivity contribution in [3.63, 3.8) is 0 Å². The predicted molar refractivity (Wildman–Crippen MR) is 83.6 cm³/mol. The van der Waals surface area contributed by atoms with Crippen molar-refractivity contribution >= 4 is 27.3 Å². The van der Waals surface area contributed by atoms with Gasteiger partial charge in [-0.15, -0.1) is 11.3 Å². The van der Waals surface area contributed by atoms with Crippen LogP contribution in [0.1, 0.15) is 21.9 Å². The molecule has 1 aromatic heterocycles. The number of nitrogens with zero attached hydrogens (tertiary/aromatic N) is 1. The third-order valence-corrected chi connectivity index (χ3v) is 5.21. The van der Waals surface area contributed by atoms with Crippen LogP contribution in [0.5, 0.6) is 11.5 Å². The molecule has 1 aromatic carbocycles. The Kier molecular flexibility index (Phi) is 4.22. The molecule has 0 radical (unpaired) electrons. The topological polar surface area (TPSA) is 94.6 Å². The number of nitrogens with one attached hydrogen (secondary N) is 1. The molecule has 1 N–H and O–H groups in total. The zero-order valence-corrected chi connectivity index (χ0v) is 13.9. The summed E-state index contributed by atoms with van der Waals surface area (Å²) >= 11 is 1.27. The van der Waals surface area contributed by atoms with Gasteiger partial charge in [-0.3, -0.25) is 4.79 Å². The highest BCUT2D eigenvalue weighted by Gasteiger charge is 2.22. The van der Waals surface area contributed by atoms with Gasteiger partial charge in [-0.2, -0.15) is 0 Å². The van der Waals surface area contributed by atoms with Crippen LogP contribution in [0.4, 0.5) is 0 Å². The van der Waals surface area contributed by atoms with E-state index in [0.29, 0.717) is 29.7 Å². The van der Waals surface area contributed by atoms with Crippen LogP contribution in [0.2, 0.25) is 0 Å². The van der Waals surface area contributed by atoms with Gasteiger partial charge in [0.1, 0.15) is 5.69 Å². The molecular weight excluding hydrogens is 340 g/mol. The maximum atomic E-state index is 12.3. The van der Waals surface area contributed by atoms with Crippen LogP contribution in [-0.4, -0.2) is 32.5 Å². The number of fused-ring (bicyclic) bond motifs is 1. The standard InChI is InChI=1S/C14H14N2O5S2/c1-9-15-11(8-22-9)14(17)16-23(18,19)10-3-4-12-13(7-10)21-6-2-5-20-12/h3-4,7-8H,2,5-6H2,1H3,(H,16,17). The summed E-state index contributed by atoms with van der Waals surface area (Å²) in [7, 11) is -4.01. The Balaban J connectivity index is 1.85. The first-order chi connectivity index (χ1) is 11.0. The van der Waals surface area contributed by atoms with E-state index < -0.39 is 15.9 Å². The van der Waals surface area contributed by atoms with Crippen LogP contribution in [0.3, 0.4) is 0 Å². The SMILES string of the molecule is Cc1nc(C(=O)NS(=O)(=O)c2ccc3c(c2)OCCCO3)cs1. The van der Waals surface area contributed by atoms with E-state index in [9.17, 15) is 13.2 Å². The highest BCUT2D eigenvalue weighted by Crippen LogP contribution is 2.31. The quantitative estimate of drug-likeness (QED) is 0.902. The molecule has 0 aliphatic carbocycles. The second-order valence-corrected chi connectivity index (χ2v) is 7.59. The number of sulfonamides is 1. The Bertz CT molecular complexity index is 845. The number of thiazole rings is 1. The number of ether oxygens (including phenoxy) is 2. The predicted octanol–water partition coefficient (Wildman–Crippen LogP) is 1.73. The lowest BCUT2D eigenvalue weighted by molar-refractivity contribution is 0.0977. The second kappa shape index (κ2) is 6.17. The Morgan fingerprint density at radius 2 is 2.00 bits per heavy atom. The fourth-order valence-electron chi connectivity index (χ4n) is 2.01. The minimum Gasteiger partial charge on any atom is -0.490 e. The number of aromatic nitrogens is 1. The molecule has 0 saturated heterocycles. The van der Waals surface area contributed by atoms with Crippen LogP contribution in [0.15, 0.2) is 28.5 Å². The van der Waals surface area contributed by atoms with Crippen molar-refractivity contribution in [3.8, 4) is 11.5 Å². The number of amides is 1. The first kappa shape index (κ1) is 15.8. The first-order valence-corrected chi connectivity index (χ1v) is 9.21. The second-order valence-electron chi connectivity index (χ2n) is 4.85. The molecule has 0 bridgehead atoms. The van der Waals surface area contributed by atoms with Gasteiger partial charge >= 0.3 is 0 Å². The summed E-state index contributed by atoms with van der Waals surface area (Å²) in [5, 5.41) is 2.19. The smallest absolute Gasteiger partial charge is 0.284 e. The number of benzene rings is 1. The van der Waals surface area contributed by atoms with Gasteiger partial charge in [-0.05, 0) is 19.1 Å². The molecule has 0 fully saturated rings. The van der Waals surface area contributed by atoms with E-state index in [1.54, 1.807) is 6.92 Å². The molecule has 0 unspecified atom stereocenters. The fraction of sp³-hybridized carbons (Fsp3) is 0.286. The van der Waals surface area contributed by atoms with E-state index in [1.165, 1.54) is 34.9 Å². The highest BCUT2D eigenvalue weighted by molar-refractivity contribution is 7.90. The van der Waals surface area contributed by atoms with Crippen molar-refractivity contribution in [1.29, 1.82) is 0 Å². The lowest BCUT2D eigenvalue weighted by atomic mass is 10.3. The van der Waals surface area contributed by atoms with E-state index in [4.69, 9.17) is 9.47 Å². The summed E-state index contributed by atoms with van der Waals surface area (Å²) < 4.78 is 37.6. The summed E-state index contributed by atoms with van der Waals surface area (Å²) in [5.41, 5.74) is 0.0745. The lowest BCUT2D eigenvalue weighted by Gasteiger charge is -2.10. The zero-order chi connectivity index (χ0) is 16.4. The number of carbonyl (C=O) groups excluding carboxylic acids is 1. The van der Waals surface area contributed by atoms with Gasteiger partial charge < -0.3 is 9.47 Å². The molecular formula is C14H14N2O5S2. The van der Waals surface area contributed by atoms with Crippen molar-refractivity contribution < 1.29 is 22.7 Å². The number of rotatable bonds is 3. The molecule has 0 spiro atoms. The molecule has 1 aliphatic heterocycles. The highest BCUT2D eigenvalue weighted by atomic mass is 32.2. The molecule has 1 aliphatic rings. The van der Waals surface area contributed by atoms with Crippen molar-refractivity contribution in [3.05, 3.63) is 34.3 Å². The van der Waals surface area contributed by atoms with Gasteiger partial charge in [0.05, 0.1) is 23.1 Å². The Morgan fingerprint density at radius 1 is 1.26 bits per heavy atom. The van der Waals surface area contributed by atoms with E-state index in [1.807, 2.05) is 4.72 Å².